The Kier molecular flexibility index (Phi) is 5.73. The number of carbonyl (C=O) groups is 2. The number of ether oxygens (including phenoxy) is 1. The van der Waals surface area contributed by atoms with E-state index in [1.807, 2.05) is 0 Å². The molecular formula is C14H16FNO3. The number of halogens is 1. The Hall–Kier alpha value is -2.17. The topological polar surface area (TPSA) is 55.4 Å². The van der Waals surface area contributed by atoms with Gasteiger partial charge in [-0.1, -0.05) is 12.1 Å². The van der Waals surface area contributed by atoms with E-state index >= 15 is 0 Å². The smallest absolute Gasteiger partial charge is 0.328 e. The SMILES string of the molecule is CCOC(=O)C(C)NC(=O)/C=C/c1cccc(F)c1. The lowest BCUT2D eigenvalue weighted by Crippen LogP contribution is -2.38. The van der Waals surface area contributed by atoms with Gasteiger partial charge < -0.3 is 10.1 Å². The van der Waals surface area contributed by atoms with Crippen LogP contribution in [-0.2, 0) is 14.3 Å². The Labute approximate surface area is 111 Å². The van der Waals surface area contributed by atoms with Crippen LogP contribution >= 0.6 is 0 Å². The molecule has 0 aliphatic carbocycles. The maximum Gasteiger partial charge on any atom is 0.328 e. The van der Waals surface area contributed by atoms with Crippen LogP contribution in [0.3, 0.4) is 0 Å². The number of rotatable bonds is 5. The molecular weight excluding hydrogens is 249 g/mol. The van der Waals surface area contributed by atoms with Crippen molar-refractivity contribution >= 4 is 18.0 Å². The summed E-state index contributed by atoms with van der Waals surface area (Å²) >= 11 is 0. The summed E-state index contributed by atoms with van der Waals surface area (Å²) in [6, 6.07) is 5.12. The van der Waals surface area contributed by atoms with Crippen molar-refractivity contribution in [1.29, 1.82) is 0 Å². The number of carbonyl (C=O) groups excluding carboxylic acids is 2. The molecule has 1 aromatic rings. The summed E-state index contributed by atoms with van der Waals surface area (Å²) in [5.41, 5.74) is 0.568. The van der Waals surface area contributed by atoms with Crippen molar-refractivity contribution in [1.82, 2.24) is 5.32 Å². The average molecular weight is 265 g/mol. The van der Waals surface area contributed by atoms with Crippen molar-refractivity contribution in [3.63, 3.8) is 0 Å². The fourth-order valence-electron chi connectivity index (χ4n) is 1.37. The lowest BCUT2D eigenvalue weighted by Gasteiger charge is -2.10. The Morgan fingerprint density at radius 2 is 2.21 bits per heavy atom. The van der Waals surface area contributed by atoms with E-state index in [1.165, 1.54) is 31.2 Å². The third-order valence-electron chi connectivity index (χ3n) is 2.27. The van der Waals surface area contributed by atoms with Crippen LogP contribution in [0.1, 0.15) is 19.4 Å². The number of esters is 1. The van der Waals surface area contributed by atoms with E-state index in [2.05, 4.69) is 5.32 Å². The van der Waals surface area contributed by atoms with E-state index < -0.39 is 17.9 Å². The predicted molar refractivity (Wildman–Crippen MR) is 69.7 cm³/mol. The van der Waals surface area contributed by atoms with E-state index in [1.54, 1.807) is 19.1 Å². The fourth-order valence-corrected chi connectivity index (χ4v) is 1.37. The molecule has 0 aromatic heterocycles. The van der Waals surface area contributed by atoms with Crippen molar-refractivity contribution in [2.45, 2.75) is 19.9 Å². The number of hydrogen-bond donors (Lipinski definition) is 1. The van der Waals surface area contributed by atoms with Gasteiger partial charge in [0.05, 0.1) is 6.61 Å². The molecule has 0 fully saturated rings. The third kappa shape index (κ3) is 5.33. The molecule has 0 saturated carbocycles. The zero-order valence-electron chi connectivity index (χ0n) is 10.9. The lowest BCUT2D eigenvalue weighted by molar-refractivity contribution is -0.146. The van der Waals surface area contributed by atoms with Crippen molar-refractivity contribution in [2.24, 2.45) is 0 Å². The quantitative estimate of drug-likeness (QED) is 0.653. The predicted octanol–water partition coefficient (Wildman–Crippen LogP) is 1.91. The van der Waals surface area contributed by atoms with E-state index in [0.717, 1.165) is 0 Å². The summed E-state index contributed by atoms with van der Waals surface area (Å²) in [5, 5.41) is 2.46. The molecule has 0 saturated heterocycles. The minimum atomic E-state index is -0.718. The number of benzene rings is 1. The molecule has 0 spiro atoms. The summed E-state index contributed by atoms with van der Waals surface area (Å²) in [5.74, 6) is -1.30. The highest BCUT2D eigenvalue weighted by Gasteiger charge is 2.14. The first-order valence-electron chi connectivity index (χ1n) is 5.93. The second kappa shape index (κ2) is 7.31. The molecule has 0 heterocycles. The normalized spacial score (nSPS) is 12.2. The van der Waals surface area contributed by atoms with Gasteiger partial charge in [0.2, 0.25) is 5.91 Å². The van der Waals surface area contributed by atoms with Crippen molar-refractivity contribution in [3.05, 3.63) is 41.7 Å². The summed E-state index contributed by atoms with van der Waals surface area (Å²) < 4.78 is 17.7. The van der Waals surface area contributed by atoms with Crippen LogP contribution in [0.25, 0.3) is 6.08 Å². The molecule has 1 rings (SSSR count). The van der Waals surface area contributed by atoms with Gasteiger partial charge in [-0.3, -0.25) is 4.79 Å². The third-order valence-corrected chi connectivity index (χ3v) is 2.27. The van der Waals surface area contributed by atoms with Crippen LogP contribution in [0, 0.1) is 5.82 Å². The van der Waals surface area contributed by atoms with Gasteiger partial charge >= 0.3 is 5.97 Å². The largest absolute Gasteiger partial charge is 0.464 e. The average Bonchev–Trinajstić information content (AvgIpc) is 2.36. The monoisotopic (exact) mass is 265 g/mol. The minimum Gasteiger partial charge on any atom is -0.464 e. The number of nitrogens with one attached hydrogen (secondary N) is 1. The van der Waals surface area contributed by atoms with Crippen molar-refractivity contribution < 1.29 is 18.7 Å². The molecule has 102 valence electrons. The second-order valence-corrected chi connectivity index (χ2v) is 3.87. The Balaban J connectivity index is 2.53. The Morgan fingerprint density at radius 1 is 1.47 bits per heavy atom. The summed E-state index contributed by atoms with van der Waals surface area (Å²) in [7, 11) is 0. The van der Waals surface area contributed by atoms with Gasteiger partial charge in [-0.05, 0) is 37.6 Å². The van der Waals surface area contributed by atoms with Gasteiger partial charge in [-0.25, -0.2) is 9.18 Å². The van der Waals surface area contributed by atoms with E-state index in [4.69, 9.17) is 4.74 Å². The molecule has 19 heavy (non-hydrogen) atoms. The van der Waals surface area contributed by atoms with E-state index in [9.17, 15) is 14.0 Å². The molecule has 0 bridgehead atoms. The summed E-state index contributed by atoms with van der Waals surface area (Å²) in [6.07, 6.45) is 2.71. The maximum atomic E-state index is 12.9. The highest BCUT2D eigenvalue weighted by atomic mass is 19.1. The Morgan fingerprint density at radius 3 is 2.84 bits per heavy atom. The van der Waals surface area contributed by atoms with Crippen LogP contribution < -0.4 is 5.32 Å². The fraction of sp³-hybridized carbons (Fsp3) is 0.286. The summed E-state index contributed by atoms with van der Waals surface area (Å²) in [4.78, 5) is 22.8. The van der Waals surface area contributed by atoms with Gasteiger partial charge in [-0.2, -0.15) is 0 Å². The molecule has 1 aromatic carbocycles. The van der Waals surface area contributed by atoms with Crippen LogP contribution in [0.2, 0.25) is 0 Å². The van der Waals surface area contributed by atoms with Gasteiger partial charge in [0.15, 0.2) is 0 Å². The van der Waals surface area contributed by atoms with Crippen LogP contribution in [0.4, 0.5) is 4.39 Å². The zero-order valence-corrected chi connectivity index (χ0v) is 10.9. The second-order valence-electron chi connectivity index (χ2n) is 3.87. The van der Waals surface area contributed by atoms with Gasteiger partial charge in [0.25, 0.3) is 0 Å². The Bertz CT molecular complexity index is 485. The van der Waals surface area contributed by atoms with Crippen LogP contribution in [-0.4, -0.2) is 24.5 Å². The first-order chi connectivity index (χ1) is 9.02. The molecule has 1 atom stereocenters. The minimum absolute atomic E-state index is 0.262. The molecule has 4 nitrogen and oxygen atoms in total. The number of hydrogen-bond acceptors (Lipinski definition) is 3. The van der Waals surface area contributed by atoms with Gasteiger partial charge in [0, 0.05) is 6.08 Å². The van der Waals surface area contributed by atoms with E-state index in [0.29, 0.717) is 5.56 Å². The van der Waals surface area contributed by atoms with Crippen molar-refractivity contribution in [3.8, 4) is 0 Å². The lowest BCUT2D eigenvalue weighted by atomic mass is 10.2. The molecule has 1 unspecified atom stereocenters. The molecule has 0 radical (unpaired) electrons. The highest BCUT2D eigenvalue weighted by molar-refractivity contribution is 5.94. The standard InChI is InChI=1S/C14H16FNO3/c1-3-19-14(18)10(2)16-13(17)8-7-11-5-4-6-12(15)9-11/h4-10H,3H2,1-2H3,(H,16,17)/b8-7+. The first kappa shape index (κ1) is 14.9. The molecule has 1 N–H and O–H groups in total. The van der Waals surface area contributed by atoms with Crippen LogP contribution in [0.5, 0.6) is 0 Å². The summed E-state index contributed by atoms with van der Waals surface area (Å²) in [6.45, 7) is 3.49. The van der Waals surface area contributed by atoms with E-state index in [-0.39, 0.29) is 12.4 Å². The first-order valence-corrected chi connectivity index (χ1v) is 5.93. The van der Waals surface area contributed by atoms with Crippen molar-refractivity contribution in [2.75, 3.05) is 6.61 Å². The molecule has 0 aliphatic rings. The van der Waals surface area contributed by atoms with Gasteiger partial charge in [-0.15, -0.1) is 0 Å². The molecule has 5 heteroatoms. The maximum absolute atomic E-state index is 12.9. The van der Waals surface area contributed by atoms with Gasteiger partial charge in [0.1, 0.15) is 11.9 Å². The number of amides is 1. The molecule has 0 aliphatic heterocycles. The molecule has 1 amide bonds. The zero-order chi connectivity index (χ0) is 14.3. The highest BCUT2D eigenvalue weighted by Crippen LogP contribution is 2.05. The van der Waals surface area contributed by atoms with Crippen LogP contribution in [0.15, 0.2) is 30.3 Å².